The number of hydrogen-bond acceptors (Lipinski definition) is 7. The van der Waals surface area contributed by atoms with Crippen molar-refractivity contribution in [2.45, 2.75) is 5.22 Å². The maximum Gasteiger partial charge on any atom is 0.277 e. The van der Waals surface area contributed by atoms with Crippen LogP contribution in [-0.2, 0) is 4.79 Å². The number of methoxy groups -OCH3 is 1. The van der Waals surface area contributed by atoms with Gasteiger partial charge in [-0.1, -0.05) is 48.2 Å². The highest BCUT2D eigenvalue weighted by Gasteiger charge is 2.12. The van der Waals surface area contributed by atoms with Gasteiger partial charge in [0.2, 0.25) is 11.8 Å². The topological polar surface area (TPSA) is 94.3 Å². The molecule has 8 heteroatoms. The first-order valence-corrected chi connectivity index (χ1v) is 11.4. The lowest BCUT2D eigenvalue weighted by Crippen LogP contribution is -2.14. The first-order chi connectivity index (χ1) is 16.6. The highest BCUT2D eigenvalue weighted by molar-refractivity contribution is 7.99. The number of amides is 1. The largest absolute Gasteiger partial charge is 0.497 e. The van der Waals surface area contributed by atoms with Crippen LogP contribution in [0.5, 0.6) is 5.75 Å². The van der Waals surface area contributed by atoms with E-state index in [-0.39, 0.29) is 17.4 Å². The third-order valence-corrected chi connectivity index (χ3v) is 5.57. The van der Waals surface area contributed by atoms with Crippen LogP contribution in [0.3, 0.4) is 0 Å². The third kappa shape index (κ3) is 6.20. The van der Waals surface area contributed by atoms with E-state index >= 15 is 0 Å². The Morgan fingerprint density at radius 1 is 0.971 bits per heavy atom. The molecule has 3 aromatic carbocycles. The minimum atomic E-state index is -0.225. The predicted molar refractivity (Wildman–Crippen MR) is 132 cm³/mol. The van der Waals surface area contributed by atoms with Crippen molar-refractivity contribution in [3.05, 3.63) is 96.1 Å². The maximum absolute atomic E-state index is 12.3. The SMILES string of the molecule is COc1ccc(-c2nnc(SCC(=O)Nc3ccc(C(=O)/C=C/c4ccccc4)cc3)o2)cc1. The summed E-state index contributed by atoms with van der Waals surface area (Å²) in [7, 11) is 1.60. The number of ether oxygens (including phenoxy) is 1. The standard InChI is InChI=1S/C26H21N3O4S/c1-32-22-14-10-20(11-15-22)25-28-29-26(33-25)34-17-24(31)27-21-12-8-19(9-13-21)23(30)16-7-18-5-3-2-4-6-18/h2-16H,17H2,1H3,(H,27,31)/b16-7+. The number of carbonyl (C=O) groups is 2. The molecule has 7 nitrogen and oxygen atoms in total. The molecule has 170 valence electrons. The van der Waals surface area contributed by atoms with Gasteiger partial charge in [-0.3, -0.25) is 9.59 Å². The molecule has 4 rings (SSSR count). The van der Waals surface area contributed by atoms with E-state index in [4.69, 9.17) is 9.15 Å². The summed E-state index contributed by atoms with van der Waals surface area (Å²) in [4.78, 5) is 24.6. The predicted octanol–water partition coefficient (Wildman–Crippen LogP) is 5.37. The van der Waals surface area contributed by atoms with E-state index in [0.717, 1.165) is 28.6 Å². The Labute approximate surface area is 200 Å². The summed E-state index contributed by atoms with van der Waals surface area (Å²) in [5.41, 5.74) is 2.85. The molecule has 0 saturated heterocycles. The molecule has 0 bridgehead atoms. The van der Waals surface area contributed by atoms with Crippen molar-refractivity contribution in [2.24, 2.45) is 0 Å². The van der Waals surface area contributed by atoms with Gasteiger partial charge in [0, 0.05) is 16.8 Å². The summed E-state index contributed by atoms with van der Waals surface area (Å²) < 4.78 is 10.8. The Balaban J connectivity index is 1.27. The van der Waals surface area contributed by atoms with Gasteiger partial charge < -0.3 is 14.5 Å². The minimum Gasteiger partial charge on any atom is -0.497 e. The molecule has 4 aromatic rings. The zero-order chi connectivity index (χ0) is 23.8. The molecule has 1 heterocycles. The van der Waals surface area contributed by atoms with Crippen LogP contribution in [0.2, 0.25) is 0 Å². The molecule has 0 spiro atoms. The Morgan fingerprint density at radius 3 is 2.41 bits per heavy atom. The second kappa shape index (κ2) is 11.1. The van der Waals surface area contributed by atoms with Crippen LogP contribution in [0.1, 0.15) is 15.9 Å². The van der Waals surface area contributed by atoms with Gasteiger partial charge in [0.1, 0.15) is 5.75 Å². The second-order valence-electron chi connectivity index (χ2n) is 7.12. The number of aromatic nitrogens is 2. The fraction of sp³-hybridized carbons (Fsp3) is 0.0769. The number of carbonyl (C=O) groups excluding carboxylic acids is 2. The van der Waals surface area contributed by atoms with E-state index in [9.17, 15) is 9.59 Å². The van der Waals surface area contributed by atoms with Crippen molar-refractivity contribution >= 4 is 35.2 Å². The van der Waals surface area contributed by atoms with Gasteiger partial charge in [-0.15, -0.1) is 10.2 Å². The third-order valence-electron chi connectivity index (χ3n) is 4.75. The number of anilines is 1. The fourth-order valence-electron chi connectivity index (χ4n) is 2.99. The van der Waals surface area contributed by atoms with Gasteiger partial charge in [-0.2, -0.15) is 0 Å². The summed E-state index contributed by atoms with van der Waals surface area (Å²) in [6, 6.07) is 23.6. The lowest BCUT2D eigenvalue weighted by Gasteiger charge is -2.05. The Bertz CT molecular complexity index is 1280. The fourth-order valence-corrected chi connectivity index (χ4v) is 3.56. The van der Waals surface area contributed by atoms with Crippen molar-refractivity contribution in [3.63, 3.8) is 0 Å². The van der Waals surface area contributed by atoms with Crippen LogP contribution in [0.25, 0.3) is 17.5 Å². The molecular weight excluding hydrogens is 450 g/mol. The van der Waals surface area contributed by atoms with E-state index in [1.54, 1.807) is 49.6 Å². The quantitative estimate of drug-likeness (QED) is 0.199. The molecule has 34 heavy (non-hydrogen) atoms. The van der Waals surface area contributed by atoms with Gasteiger partial charge >= 0.3 is 0 Å². The molecule has 0 atom stereocenters. The summed E-state index contributed by atoms with van der Waals surface area (Å²) in [5, 5.41) is 11.1. The number of ketones is 1. The summed E-state index contributed by atoms with van der Waals surface area (Å²) in [5.74, 6) is 0.867. The summed E-state index contributed by atoms with van der Waals surface area (Å²) in [6.07, 6.45) is 3.30. The number of rotatable bonds is 9. The highest BCUT2D eigenvalue weighted by Crippen LogP contribution is 2.25. The van der Waals surface area contributed by atoms with Crippen LogP contribution < -0.4 is 10.1 Å². The molecule has 0 aliphatic carbocycles. The van der Waals surface area contributed by atoms with Gasteiger partial charge in [-0.25, -0.2) is 0 Å². The first kappa shape index (κ1) is 23.0. The molecule has 1 amide bonds. The van der Waals surface area contributed by atoms with Crippen molar-refractivity contribution in [1.82, 2.24) is 10.2 Å². The summed E-state index contributed by atoms with van der Waals surface area (Å²) in [6.45, 7) is 0. The molecule has 0 aliphatic heterocycles. The average Bonchev–Trinajstić information content (AvgIpc) is 3.36. The Morgan fingerprint density at radius 2 is 1.71 bits per heavy atom. The molecule has 1 aromatic heterocycles. The van der Waals surface area contributed by atoms with Crippen LogP contribution in [0.15, 0.2) is 94.6 Å². The highest BCUT2D eigenvalue weighted by atomic mass is 32.2. The number of benzene rings is 3. The van der Waals surface area contributed by atoms with E-state index in [1.807, 2.05) is 42.5 Å². The second-order valence-corrected chi connectivity index (χ2v) is 8.05. The molecule has 0 radical (unpaired) electrons. The van der Waals surface area contributed by atoms with Crippen molar-refractivity contribution in [2.75, 3.05) is 18.2 Å². The van der Waals surface area contributed by atoms with E-state index < -0.39 is 0 Å². The molecule has 0 fully saturated rings. The number of thioether (sulfide) groups is 1. The Hall–Kier alpha value is -4.17. The van der Waals surface area contributed by atoms with Crippen LogP contribution in [0.4, 0.5) is 5.69 Å². The molecule has 1 N–H and O–H groups in total. The van der Waals surface area contributed by atoms with Crippen molar-refractivity contribution in [1.29, 1.82) is 0 Å². The van der Waals surface area contributed by atoms with Gasteiger partial charge in [-0.05, 0) is 60.2 Å². The van der Waals surface area contributed by atoms with Gasteiger partial charge in [0.05, 0.1) is 12.9 Å². The normalized spacial score (nSPS) is 10.9. The number of hydrogen-bond donors (Lipinski definition) is 1. The van der Waals surface area contributed by atoms with E-state index in [1.165, 1.54) is 6.08 Å². The molecule has 0 saturated carbocycles. The van der Waals surface area contributed by atoms with Crippen LogP contribution in [0, 0.1) is 0 Å². The van der Waals surface area contributed by atoms with E-state index in [2.05, 4.69) is 15.5 Å². The lowest BCUT2D eigenvalue weighted by molar-refractivity contribution is -0.113. The number of nitrogens with one attached hydrogen (secondary N) is 1. The molecular formula is C26H21N3O4S. The molecule has 0 unspecified atom stereocenters. The smallest absolute Gasteiger partial charge is 0.277 e. The van der Waals surface area contributed by atoms with Gasteiger partial charge in [0.25, 0.3) is 5.22 Å². The van der Waals surface area contributed by atoms with Crippen LogP contribution in [-0.4, -0.2) is 34.8 Å². The van der Waals surface area contributed by atoms with Gasteiger partial charge in [0.15, 0.2) is 5.78 Å². The van der Waals surface area contributed by atoms with Crippen molar-refractivity contribution < 1.29 is 18.7 Å². The lowest BCUT2D eigenvalue weighted by atomic mass is 10.1. The first-order valence-electron chi connectivity index (χ1n) is 10.4. The minimum absolute atomic E-state index is 0.102. The van der Waals surface area contributed by atoms with Crippen LogP contribution >= 0.6 is 11.8 Å². The van der Waals surface area contributed by atoms with E-state index in [0.29, 0.717) is 22.4 Å². The Kier molecular flexibility index (Phi) is 7.52. The maximum atomic E-state index is 12.3. The average molecular weight is 472 g/mol. The monoisotopic (exact) mass is 471 g/mol. The zero-order valence-electron chi connectivity index (χ0n) is 18.3. The number of allylic oxidation sites excluding steroid dienone is 1. The zero-order valence-corrected chi connectivity index (χ0v) is 19.1. The number of nitrogens with zero attached hydrogens (tertiary/aromatic N) is 2. The van der Waals surface area contributed by atoms with Crippen molar-refractivity contribution in [3.8, 4) is 17.2 Å². The molecule has 0 aliphatic rings. The summed E-state index contributed by atoms with van der Waals surface area (Å²) >= 11 is 1.14.